The van der Waals surface area contributed by atoms with Gasteiger partial charge in [-0.3, -0.25) is 4.90 Å². The molecule has 0 aliphatic carbocycles. The van der Waals surface area contributed by atoms with E-state index in [1.54, 1.807) is 11.3 Å². The molecule has 0 N–H and O–H groups in total. The van der Waals surface area contributed by atoms with Crippen LogP contribution in [0.4, 0.5) is 13.2 Å². The predicted octanol–water partition coefficient (Wildman–Crippen LogP) is 2.81. The summed E-state index contributed by atoms with van der Waals surface area (Å²) in [6, 6.07) is 3.97. The Morgan fingerprint density at radius 3 is 3.00 bits per heavy atom. The van der Waals surface area contributed by atoms with Crippen molar-refractivity contribution in [3.05, 3.63) is 34.1 Å². The van der Waals surface area contributed by atoms with E-state index in [0.29, 0.717) is 26.2 Å². The number of nitrogens with zero attached hydrogens (tertiary/aromatic N) is 3. The Kier molecular flexibility index (Phi) is 4.46. The van der Waals surface area contributed by atoms with Crippen LogP contribution in [0, 0.1) is 0 Å². The fourth-order valence-corrected chi connectivity index (χ4v) is 3.06. The molecule has 0 aromatic carbocycles. The number of ether oxygens (including phenoxy) is 1. The van der Waals surface area contributed by atoms with Gasteiger partial charge in [0.25, 0.3) is 0 Å². The highest BCUT2D eigenvalue weighted by Gasteiger charge is 2.31. The van der Waals surface area contributed by atoms with Crippen molar-refractivity contribution in [1.29, 1.82) is 0 Å². The number of hydrogen-bond donors (Lipinski definition) is 0. The van der Waals surface area contributed by atoms with Crippen LogP contribution in [0.25, 0.3) is 0 Å². The quantitative estimate of drug-likeness (QED) is 0.861. The molecule has 3 heterocycles. The van der Waals surface area contributed by atoms with Gasteiger partial charge in [0.2, 0.25) is 5.89 Å². The molecular weight excluding hydrogens is 319 g/mol. The number of thiophene rings is 1. The third-order valence-electron chi connectivity index (χ3n) is 3.24. The highest BCUT2D eigenvalue weighted by molar-refractivity contribution is 7.10. The van der Waals surface area contributed by atoms with Crippen molar-refractivity contribution >= 4 is 11.3 Å². The molecule has 1 atom stereocenters. The summed E-state index contributed by atoms with van der Waals surface area (Å²) < 4.78 is 47.4. The maximum Gasteiger partial charge on any atom is 0.396 e. The molecule has 0 radical (unpaired) electrons. The normalized spacial score (nSPS) is 20.4. The summed E-state index contributed by atoms with van der Waals surface area (Å²) in [7, 11) is 0. The lowest BCUT2D eigenvalue weighted by molar-refractivity contribution is -0.128. The summed E-state index contributed by atoms with van der Waals surface area (Å²) in [4.78, 5) is 6.97. The molecule has 1 fully saturated rings. The summed E-state index contributed by atoms with van der Waals surface area (Å²) >= 11 is 1.62. The van der Waals surface area contributed by atoms with E-state index in [0.717, 1.165) is 4.88 Å². The standard InChI is InChI=1S/C13H14F3N3O2S/c14-13(15,16)6-11-17-12(21-18-11)8-19-3-4-20-9(7-19)10-2-1-5-22-10/h1-2,5,9H,3-4,6-8H2. The van der Waals surface area contributed by atoms with Crippen molar-refractivity contribution in [2.75, 3.05) is 19.7 Å². The molecule has 3 rings (SSSR count). The van der Waals surface area contributed by atoms with Crippen LogP contribution in [0.15, 0.2) is 22.0 Å². The lowest BCUT2D eigenvalue weighted by Crippen LogP contribution is -2.37. The summed E-state index contributed by atoms with van der Waals surface area (Å²) in [5.41, 5.74) is 0. The molecule has 2 aromatic rings. The minimum atomic E-state index is -4.33. The summed E-state index contributed by atoms with van der Waals surface area (Å²) in [6.07, 6.45) is -5.52. The molecule has 0 bridgehead atoms. The van der Waals surface area contributed by atoms with Gasteiger partial charge in [0, 0.05) is 18.0 Å². The maximum atomic E-state index is 12.3. The topological polar surface area (TPSA) is 51.4 Å². The van der Waals surface area contributed by atoms with Gasteiger partial charge < -0.3 is 9.26 Å². The molecule has 1 aliphatic heterocycles. The third kappa shape index (κ3) is 4.05. The van der Waals surface area contributed by atoms with E-state index < -0.39 is 12.6 Å². The Morgan fingerprint density at radius 2 is 2.27 bits per heavy atom. The molecule has 22 heavy (non-hydrogen) atoms. The van der Waals surface area contributed by atoms with E-state index in [2.05, 4.69) is 10.1 Å². The molecule has 1 aliphatic rings. The first kappa shape index (κ1) is 15.4. The summed E-state index contributed by atoms with van der Waals surface area (Å²) in [6.45, 7) is 2.22. The Morgan fingerprint density at radius 1 is 1.41 bits per heavy atom. The fraction of sp³-hybridized carbons (Fsp3) is 0.538. The number of rotatable bonds is 4. The average molecular weight is 333 g/mol. The SMILES string of the molecule is FC(F)(F)Cc1noc(CN2CCOC(c3cccs3)C2)n1. The number of hydrogen-bond acceptors (Lipinski definition) is 6. The van der Waals surface area contributed by atoms with Crippen molar-refractivity contribution in [3.8, 4) is 0 Å². The second-order valence-electron chi connectivity index (χ2n) is 5.01. The smallest absolute Gasteiger partial charge is 0.370 e. The minimum Gasteiger partial charge on any atom is -0.370 e. The number of alkyl halides is 3. The molecule has 120 valence electrons. The molecule has 2 aromatic heterocycles. The van der Waals surface area contributed by atoms with Crippen molar-refractivity contribution in [2.45, 2.75) is 25.2 Å². The van der Waals surface area contributed by atoms with E-state index >= 15 is 0 Å². The van der Waals surface area contributed by atoms with Crippen LogP contribution < -0.4 is 0 Å². The van der Waals surface area contributed by atoms with Gasteiger partial charge in [0.05, 0.1) is 13.2 Å². The number of aromatic nitrogens is 2. The van der Waals surface area contributed by atoms with E-state index in [1.165, 1.54) is 0 Å². The fourth-order valence-electron chi connectivity index (χ4n) is 2.29. The van der Waals surface area contributed by atoms with E-state index in [9.17, 15) is 13.2 Å². The second kappa shape index (κ2) is 6.35. The Bertz CT molecular complexity index is 600. The van der Waals surface area contributed by atoms with Gasteiger partial charge in [-0.2, -0.15) is 18.2 Å². The molecule has 0 spiro atoms. The highest BCUT2D eigenvalue weighted by Crippen LogP contribution is 2.26. The first-order valence-electron chi connectivity index (χ1n) is 6.75. The third-order valence-corrected chi connectivity index (χ3v) is 4.20. The lowest BCUT2D eigenvalue weighted by Gasteiger charge is -2.31. The zero-order valence-corrected chi connectivity index (χ0v) is 12.4. The van der Waals surface area contributed by atoms with Gasteiger partial charge in [-0.25, -0.2) is 0 Å². The van der Waals surface area contributed by atoms with Crippen LogP contribution in [0.1, 0.15) is 22.7 Å². The first-order valence-corrected chi connectivity index (χ1v) is 7.63. The van der Waals surface area contributed by atoms with Crippen molar-refractivity contribution in [1.82, 2.24) is 15.0 Å². The first-order chi connectivity index (χ1) is 10.5. The van der Waals surface area contributed by atoms with Gasteiger partial charge in [-0.15, -0.1) is 11.3 Å². The average Bonchev–Trinajstić information content (AvgIpc) is 3.09. The molecular formula is C13H14F3N3O2S. The van der Waals surface area contributed by atoms with Crippen LogP contribution in [0.5, 0.6) is 0 Å². The lowest BCUT2D eigenvalue weighted by atomic mass is 10.2. The highest BCUT2D eigenvalue weighted by atomic mass is 32.1. The van der Waals surface area contributed by atoms with Crippen LogP contribution in [0.3, 0.4) is 0 Å². The summed E-state index contributed by atoms with van der Waals surface area (Å²) in [5.74, 6) is -0.128. The van der Waals surface area contributed by atoms with Crippen molar-refractivity contribution in [2.24, 2.45) is 0 Å². The zero-order chi connectivity index (χ0) is 15.6. The largest absolute Gasteiger partial charge is 0.396 e. The van der Waals surface area contributed by atoms with Crippen LogP contribution in [0.2, 0.25) is 0 Å². The Labute approximate surface area is 128 Å². The van der Waals surface area contributed by atoms with E-state index in [-0.39, 0.29) is 17.8 Å². The summed E-state index contributed by atoms with van der Waals surface area (Å²) in [5, 5.41) is 5.36. The molecule has 9 heteroatoms. The van der Waals surface area contributed by atoms with Crippen LogP contribution >= 0.6 is 11.3 Å². The number of halogens is 3. The van der Waals surface area contributed by atoms with Crippen LogP contribution in [-0.4, -0.2) is 40.9 Å². The maximum absolute atomic E-state index is 12.3. The van der Waals surface area contributed by atoms with Gasteiger partial charge in [0.15, 0.2) is 5.82 Å². The van der Waals surface area contributed by atoms with Gasteiger partial charge in [0.1, 0.15) is 12.5 Å². The Balaban J connectivity index is 1.59. The molecule has 0 saturated carbocycles. The molecule has 5 nitrogen and oxygen atoms in total. The van der Waals surface area contributed by atoms with Gasteiger partial charge >= 0.3 is 6.18 Å². The second-order valence-corrected chi connectivity index (χ2v) is 5.99. The zero-order valence-electron chi connectivity index (χ0n) is 11.5. The molecule has 1 unspecified atom stereocenters. The van der Waals surface area contributed by atoms with Gasteiger partial charge in [-0.05, 0) is 11.4 Å². The molecule has 0 amide bonds. The number of morpholine rings is 1. The van der Waals surface area contributed by atoms with Crippen molar-refractivity contribution in [3.63, 3.8) is 0 Å². The minimum absolute atomic E-state index is 0.0219. The Hall–Kier alpha value is -1.45. The van der Waals surface area contributed by atoms with Crippen LogP contribution in [-0.2, 0) is 17.7 Å². The van der Waals surface area contributed by atoms with Crippen molar-refractivity contribution < 1.29 is 22.4 Å². The van der Waals surface area contributed by atoms with E-state index in [4.69, 9.17) is 9.26 Å². The molecule has 1 saturated heterocycles. The van der Waals surface area contributed by atoms with Gasteiger partial charge in [-0.1, -0.05) is 11.2 Å². The van der Waals surface area contributed by atoms with E-state index in [1.807, 2.05) is 22.4 Å². The monoisotopic (exact) mass is 333 g/mol. The predicted molar refractivity (Wildman–Crippen MR) is 72.3 cm³/mol.